The molecule has 0 unspecified atom stereocenters. The number of hydrogen-bond acceptors (Lipinski definition) is 3. The zero-order chi connectivity index (χ0) is 16.4. The number of hydrogen-bond donors (Lipinski definition) is 2. The van der Waals surface area contributed by atoms with E-state index in [1.54, 1.807) is 0 Å². The Morgan fingerprint density at radius 2 is 1.74 bits per heavy atom. The third kappa shape index (κ3) is 3.16. The van der Waals surface area contributed by atoms with Crippen LogP contribution in [0.5, 0.6) is 5.75 Å². The number of hydrazine groups is 1. The molecular weight excluding hydrogens is 306 g/mol. The van der Waals surface area contributed by atoms with Crippen molar-refractivity contribution < 1.29 is 4.74 Å². The summed E-state index contributed by atoms with van der Waals surface area (Å²) >= 11 is 5.50. The van der Waals surface area contributed by atoms with Crippen LogP contribution >= 0.6 is 12.2 Å². The monoisotopic (exact) mass is 327 g/mol. The molecule has 1 aliphatic rings. The summed E-state index contributed by atoms with van der Waals surface area (Å²) in [5.41, 5.74) is 6.34. The van der Waals surface area contributed by atoms with E-state index in [1.807, 2.05) is 36.2 Å². The molecule has 1 saturated heterocycles. The van der Waals surface area contributed by atoms with Crippen molar-refractivity contribution in [2.24, 2.45) is 0 Å². The molecule has 0 radical (unpaired) electrons. The maximum absolute atomic E-state index is 5.50. The lowest BCUT2D eigenvalue weighted by Gasteiger charge is -2.26. The van der Waals surface area contributed by atoms with Crippen LogP contribution < -0.4 is 20.5 Å². The van der Waals surface area contributed by atoms with Crippen molar-refractivity contribution in [2.75, 3.05) is 11.6 Å². The van der Waals surface area contributed by atoms with Crippen LogP contribution in [0.25, 0.3) is 0 Å². The number of ether oxygens (including phenoxy) is 1. The Morgan fingerprint density at radius 1 is 1.09 bits per heavy atom. The van der Waals surface area contributed by atoms with E-state index in [0.717, 1.165) is 17.0 Å². The standard InChI is InChI=1S/C18H21N3OS/c1-4-22-16-11-7-14(8-12-16)18(3)19-17(23)21(20-18)15-9-5-13(2)6-10-15/h5-12,20H,4H2,1-3H3,(H,19,23)/t18-/m0/s1. The van der Waals surface area contributed by atoms with Gasteiger partial charge in [-0.1, -0.05) is 29.8 Å². The normalized spacial score (nSPS) is 20.5. The largest absolute Gasteiger partial charge is 0.494 e. The molecule has 1 atom stereocenters. The molecule has 2 N–H and O–H groups in total. The van der Waals surface area contributed by atoms with Gasteiger partial charge in [-0.15, -0.1) is 0 Å². The lowest BCUT2D eigenvalue weighted by atomic mass is 10.0. The molecule has 3 rings (SSSR count). The summed E-state index contributed by atoms with van der Waals surface area (Å²) in [7, 11) is 0. The smallest absolute Gasteiger partial charge is 0.190 e. The molecule has 5 heteroatoms. The van der Waals surface area contributed by atoms with Crippen LogP contribution in [-0.4, -0.2) is 11.7 Å². The average molecular weight is 327 g/mol. The second-order valence-electron chi connectivity index (χ2n) is 5.80. The Bertz CT molecular complexity index is 699. The summed E-state index contributed by atoms with van der Waals surface area (Å²) in [5, 5.41) is 5.93. The van der Waals surface area contributed by atoms with Gasteiger partial charge in [0.15, 0.2) is 5.11 Å². The van der Waals surface area contributed by atoms with Gasteiger partial charge in [-0.2, -0.15) is 5.43 Å². The number of aryl methyl sites for hydroxylation is 1. The first-order valence-electron chi connectivity index (χ1n) is 7.72. The molecule has 0 aromatic heterocycles. The predicted molar refractivity (Wildman–Crippen MR) is 97.5 cm³/mol. The second kappa shape index (κ2) is 6.18. The minimum atomic E-state index is -0.452. The highest BCUT2D eigenvalue weighted by atomic mass is 32.1. The Hall–Kier alpha value is -2.11. The van der Waals surface area contributed by atoms with Gasteiger partial charge in [0.2, 0.25) is 0 Å². The Labute approximate surface area is 142 Å². The van der Waals surface area contributed by atoms with Crippen molar-refractivity contribution in [3.05, 3.63) is 59.7 Å². The van der Waals surface area contributed by atoms with Crippen LogP contribution in [0.2, 0.25) is 0 Å². The molecule has 120 valence electrons. The van der Waals surface area contributed by atoms with Crippen LogP contribution in [0.1, 0.15) is 25.0 Å². The summed E-state index contributed by atoms with van der Waals surface area (Å²) in [4.78, 5) is 0. The molecular formula is C18H21N3OS. The van der Waals surface area contributed by atoms with E-state index in [4.69, 9.17) is 17.0 Å². The third-order valence-corrected chi connectivity index (χ3v) is 4.21. The summed E-state index contributed by atoms with van der Waals surface area (Å²) in [5.74, 6) is 0.871. The topological polar surface area (TPSA) is 36.5 Å². The number of nitrogens with one attached hydrogen (secondary N) is 2. The number of thiocarbonyl (C=S) groups is 1. The first kappa shape index (κ1) is 15.8. The molecule has 0 spiro atoms. The van der Waals surface area contributed by atoms with Crippen LogP contribution in [-0.2, 0) is 5.66 Å². The van der Waals surface area contributed by atoms with Crippen molar-refractivity contribution in [3.63, 3.8) is 0 Å². The zero-order valence-electron chi connectivity index (χ0n) is 13.6. The van der Waals surface area contributed by atoms with Crippen molar-refractivity contribution in [2.45, 2.75) is 26.4 Å². The zero-order valence-corrected chi connectivity index (χ0v) is 14.4. The fourth-order valence-electron chi connectivity index (χ4n) is 2.64. The lowest BCUT2D eigenvalue weighted by molar-refractivity contribution is 0.339. The SMILES string of the molecule is CCOc1ccc([C@@]2(C)NC(=S)N(c3ccc(C)cc3)N2)cc1. The van der Waals surface area contributed by atoms with Gasteiger partial charge in [-0.25, -0.2) is 5.01 Å². The van der Waals surface area contributed by atoms with Gasteiger partial charge >= 0.3 is 0 Å². The fraction of sp³-hybridized carbons (Fsp3) is 0.278. The summed E-state index contributed by atoms with van der Waals surface area (Å²) in [6.45, 7) is 6.79. The molecule has 0 aliphatic carbocycles. The van der Waals surface area contributed by atoms with Crippen molar-refractivity contribution in [3.8, 4) is 5.75 Å². The molecule has 1 fully saturated rings. The minimum absolute atomic E-state index is 0.452. The van der Waals surface area contributed by atoms with Crippen LogP contribution in [0.15, 0.2) is 48.5 Å². The van der Waals surface area contributed by atoms with Crippen LogP contribution in [0.3, 0.4) is 0 Å². The van der Waals surface area contributed by atoms with E-state index in [2.05, 4.69) is 48.9 Å². The highest BCUT2D eigenvalue weighted by Gasteiger charge is 2.38. The first-order valence-corrected chi connectivity index (χ1v) is 8.13. The maximum Gasteiger partial charge on any atom is 0.190 e. The van der Waals surface area contributed by atoms with Gasteiger partial charge in [0.1, 0.15) is 11.4 Å². The molecule has 0 saturated carbocycles. The highest BCUT2D eigenvalue weighted by molar-refractivity contribution is 7.80. The van der Waals surface area contributed by atoms with Gasteiger partial charge in [0, 0.05) is 0 Å². The summed E-state index contributed by atoms with van der Waals surface area (Å²) < 4.78 is 5.50. The molecule has 0 bridgehead atoms. The summed E-state index contributed by atoms with van der Waals surface area (Å²) in [6.07, 6.45) is 0. The van der Waals surface area contributed by atoms with E-state index in [-0.39, 0.29) is 0 Å². The quantitative estimate of drug-likeness (QED) is 0.841. The van der Waals surface area contributed by atoms with Crippen LogP contribution in [0, 0.1) is 6.92 Å². The van der Waals surface area contributed by atoms with Crippen molar-refractivity contribution in [1.29, 1.82) is 0 Å². The van der Waals surface area contributed by atoms with Gasteiger partial charge in [0.25, 0.3) is 0 Å². The van der Waals surface area contributed by atoms with Crippen molar-refractivity contribution >= 4 is 23.0 Å². The number of benzene rings is 2. The average Bonchev–Trinajstić information content (AvgIpc) is 2.85. The van der Waals surface area contributed by atoms with Gasteiger partial charge in [-0.3, -0.25) is 0 Å². The minimum Gasteiger partial charge on any atom is -0.494 e. The van der Waals surface area contributed by atoms with E-state index >= 15 is 0 Å². The van der Waals surface area contributed by atoms with E-state index < -0.39 is 5.66 Å². The number of nitrogens with zero attached hydrogens (tertiary/aromatic N) is 1. The van der Waals surface area contributed by atoms with E-state index in [9.17, 15) is 0 Å². The first-order chi connectivity index (χ1) is 11.0. The Kier molecular flexibility index (Phi) is 4.24. The summed E-state index contributed by atoms with van der Waals surface area (Å²) in [6, 6.07) is 16.3. The molecule has 2 aromatic rings. The molecule has 1 heterocycles. The number of rotatable bonds is 4. The molecule has 4 nitrogen and oxygen atoms in total. The fourth-order valence-corrected chi connectivity index (χ4v) is 2.99. The van der Waals surface area contributed by atoms with Gasteiger partial charge < -0.3 is 10.1 Å². The molecule has 1 aliphatic heterocycles. The van der Waals surface area contributed by atoms with Crippen LogP contribution in [0.4, 0.5) is 5.69 Å². The highest BCUT2D eigenvalue weighted by Crippen LogP contribution is 2.28. The maximum atomic E-state index is 5.50. The van der Waals surface area contributed by atoms with E-state index in [1.165, 1.54) is 5.56 Å². The lowest BCUT2D eigenvalue weighted by Crippen LogP contribution is -2.45. The third-order valence-electron chi connectivity index (χ3n) is 3.93. The predicted octanol–water partition coefficient (Wildman–Crippen LogP) is 3.47. The van der Waals surface area contributed by atoms with E-state index in [0.29, 0.717) is 11.7 Å². The Balaban J connectivity index is 1.83. The second-order valence-corrected chi connectivity index (χ2v) is 6.18. The molecule has 2 aromatic carbocycles. The number of anilines is 1. The molecule has 0 amide bonds. The Morgan fingerprint density at radius 3 is 2.35 bits per heavy atom. The van der Waals surface area contributed by atoms with Crippen molar-refractivity contribution in [1.82, 2.24) is 10.7 Å². The van der Waals surface area contributed by atoms with Gasteiger partial charge in [-0.05, 0) is 62.8 Å². The van der Waals surface area contributed by atoms with Gasteiger partial charge in [0.05, 0.1) is 12.3 Å². The molecule has 23 heavy (non-hydrogen) atoms.